The van der Waals surface area contributed by atoms with E-state index in [1.54, 1.807) is 12.1 Å². The highest BCUT2D eigenvalue weighted by Gasteiger charge is 2.33. The molecular weight excluding hydrogens is 477 g/mol. The highest BCUT2D eigenvalue weighted by molar-refractivity contribution is 7.97. The first kappa shape index (κ1) is 25.4. The minimum Gasteiger partial charge on any atom is -0.296 e. The molecule has 1 saturated carbocycles. The number of hydrogen-bond donors (Lipinski definition) is 0. The summed E-state index contributed by atoms with van der Waals surface area (Å²) in [7, 11) is 0. The van der Waals surface area contributed by atoms with Gasteiger partial charge in [0.2, 0.25) is 0 Å². The summed E-state index contributed by atoms with van der Waals surface area (Å²) < 4.78 is 43.0. The molecule has 1 saturated heterocycles. The average molecular weight is 511 g/mol. The van der Waals surface area contributed by atoms with Crippen molar-refractivity contribution >= 4 is 11.9 Å². The predicted molar refractivity (Wildman–Crippen MR) is 143 cm³/mol. The SMILES string of the molecule is FC(F)(F)c1ccccc1-c1ccc(CN2CCN(SC3CCCCC3)C(c3ccccc3)C2)cc1. The van der Waals surface area contributed by atoms with Crippen molar-refractivity contribution in [2.45, 2.75) is 56.1 Å². The van der Waals surface area contributed by atoms with Gasteiger partial charge >= 0.3 is 6.18 Å². The van der Waals surface area contributed by atoms with Crippen LogP contribution < -0.4 is 0 Å². The first-order valence-electron chi connectivity index (χ1n) is 12.9. The minimum atomic E-state index is -4.36. The van der Waals surface area contributed by atoms with Crippen LogP contribution in [-0.4, -0.2) is 34.1 Å². The van der Waals surface area contributed by atoms with Gasteiger partial charge in [0.25, 0.3) is 0 Å². The Morgan fingerprint density at radius 1 is 0.778 bits per heavy atom. The summed E-state index contributed by atoms with van der Waals surface area (Å²) in [6, 6.07) is 24.5. The smallest absolute Gasteiger partial charge is 0.296 e. The molecule has 0 aromatic heterocycles. The number of benzene rings is 3. The molecule has 1 unspecified atom stereocenters. The largest absolute Gasteiger partial charge is 0.417 e. The molecule has 1 atom stereocenters. The molecular formula is C30H33F3N2S. The van der Waals surface area contributed by atoms with Crippen molar-refractivity contribution in [3.63, 3.8) is 0 Å². The van der Waals surface area contributed by atoms with Gasteiger partial charge < -0.3 is 0 Å². The molecule has 190 valence electrons. The number of rotatable bonds is 6. The fourth-order valence-corrected chi connectivity index (χ4v) is 6.88. The van der Waals surface area contributed by atoms with Crippen molar-refractivity contribution in [2.75, 3.05) is 19.6 Å². The topological polar surface area (TPSA) is 6.48 Å². The lowest BCUT2D eigenvalue weighted by molar-refractivity contribution is -0.137. The first-order valence-corrected chi connectivity index (χ1v) is 13.8. The Bertz CT molecular complexity index is 1110. The normalized spacial score (nSPS) is 20.5. The summed E-state index contributed by atoms with van der Waals surface area (Å²) >= 11 is 2.07. The fourth-order valence-electron chi connectivity index (χ4n) is 5.43. The molecule has 0 spiro atoms. The van der Waals surface area contributed by atoms with Gasteiger partial charge in [-0.25, -0.2) is 4.31 Å². The van der Waals surface area contributed by atoms with Crippen LogP contribution in [0.5, 0.6) is 0 Å². The molecule has 3 aromatic rings. The van der Waals surface area contributed by atoms with Crippen LogP contribution in [0.25, 0.3) is 11.1 Å². The van der Waals surface area contributed by atoms with Crippen LogP contribution in [0.1, 0.15) is 54.8 Å². The van der Waals surface area contributed by atoms with E-state index in [0.29, 0.717) is 11.6 Å². The molecule has 3 aromatic carbocycles. The zero-order valence-electron chi connectivity index (χ0n) is 20.5. The lowest BCUT2D eigenvalue weighted by Crippen LogP contribution is -2.45. The fraction of sp³-hybridized carbons (Fsp3) is 0.400. The van der Waals surface area contributed by atoms with Gasteiger partial charge in [-0.1, -0.05) is 104 Å². The van der Waals surface area contributed by atoms with Crippen molar-refractivity contribution in [3.05, 3.63) is 95.6 Å². The van der Waals surface area contributed by atoms with E-state index in [1.165, 1.54) is 43.7 Å². The Balaban J connectivity index is 1.28. The third kappa shape index (κ3) is 6.16. The molecule has 6 heteroatoms. The van der Waals surface area contributed by atoms with Gasteiger partial charge in [-0.15, -0.1) is 0 Å². The molecule has 2 fully saturated rings. The Kier molecular flexibility index (Phi) is 8.04. The third-order valence-corrected chi connectivity index (χ3v) is 8.82. The zero-order valence-corrected chi connectivity index (χ0v) is 21.3. The van der Waals surface area contributed by atoms with Gasteiger partial charge in [0.15, 0.2) is 0 Å². The summed E-state index contributed by atoms with van der Waals surface area (Å²) in [6.07, 6.45) is 2.32. The molecule has 1 aliphatic carbocycles. The molecule has 0 bridgehead atoms. The van der Waals surface area contributed by atoms with Gasteiger partial charge in [-0.2, -0.15) is 13.2 Å². The Labute approximate surface area is 216 Å². The molecule has 0 radical (unpaired) electrons. The first-order chi connectivity index (χ1) is 17.5. The molecule has 1 aliphatic heterocycles. The predicted octanol–water partition coefficient (Wildman–Crippen LogP) is 8.21. The van der Waals surface area contributed by atoms with E-state index in [0.717, 1.165) is 43.1 Å². The summed E-state index contributed by atoms with van der Waals surface area (Å²) in [6.45, 7) is 3.74. The maximum Gasteiger partial charge on any atom is 0.417 e. The van der Waals surface area contributed by atoms with Crippen molar-refractivity contribution < 1.29 is 13.2 Å². The van der Waals surface area contributed by atoms with E-state index in [-0.39, 0.29) is 5.56 Å². The van der Waals surface area contributed by atoms with E-state index in [9.17, 15) is 13.2 Å². The van der Waals surface area contributed by atoms with E-state index < -0.39 is 11.7 Å². The maximum absolute atomic E-state index is 13.5. The van der Waals surface area contributed by atoms with Gasteiger partial charge in [0.05, 0.1) is 11.6 Å². The van der Waals surface area contributed by atoms with Crippen LogP contribution in [0.4, 0.5) is 13.2 Å². The summed E-state index contributed by atoms with van der Waals surface area (Å²) in [5.74, 6) is 0. The number of nitrogens with zero attached hydrogens (tertiary/aromatic N) is 2. The summed E-state index contributed by atoms with van der Waals surface area (Å²) in [5.41, 5.74) is 2.72. The molecule has 0 amide bonds. The molecule has 5 rings (SSSR count). The molecule has 36 heavy (non-hydrogen) atoms. The Morgan fingerprint density at radius 3 is 2.19 bits per heavy atom. The van der Waals surface area contributed by atoms with Crippen molar-refractivity contribution in [1.82, 2.24) is 9.21 Å². The monoisotopic (exact) mass is 510 g/mol. The van der Waals surface area contributed by atoms with Crippen LogP contribution in [0, 0.1) is 0 Å². The van der Waals surface area contributed by atoms with E-state index in [2.05, 4.69) is 51.5 Å². The van der Waals surface area contributed by atoms with Crippen LogP contribution in [0.2, 0.25) is 0 Å². The molecule has 2 nitrogen and oxygen atoms in total. The average Bonchev–Trinajstić information content (AvgIpc) is 2.91. The minimum absolute atomic E-state index is 0.231. The third-order valence-electron chi connectivity index (χ3n) is 7.34. The highest BCUT2D eigenvalue weighted by atomic mass is 32.2. The van der Waals surface area contributed by atoms with Gasteiger partial charge in [-0.3, -0.25) is 4.90 Å². The second-order valence-electron chi connectivity index (χ2n) is 9.91. The summed E-state index contributed by atoms with van der Waals surface area (Å²) in [4.78, 5) is 2.48. The number of halogens is 3. The van der Waals surface area contributed by atoms with Gasteiger partial charge in [0, 0.05) is 31.4 Å². The van der Waals surface area contributed by atoms with E-state index in [4.69, 9.17) is 0 Å². The van der Waals surface area contributed by atoms with Crippen LogP contribution in [-0.2, 0) is 12.7 Å². The Hall–Kier alpha value is -2.28. The lowest BCUT2D eigenvalue weighted by atomic mass is 9.98. The molecule has 2 aliphatic rings. The zero-order chi connectivity index (χ0) is 25.0. The standard InChI is InChI=1S/C30H33F3N2S/c31-30(32,33)28-14-8-7-13-27(28)24-17-15-23(16-18-24)21-34-19-20-35(36-26-11-5-2-6-12-26)29(22-34)25-9-3-1-4-10-25/h1,3-4,7-10,13-18,26,29H,2,5-6,11-12,19-22H2. The van der Waals surface area contributed by atoms with Crippen LogP contribution in [0.15, 0.2) is 78.9 Å². The maximum atomic E-state index is 13.5. The van der Waals surface area contributed by atoms with E-state index in [1.807, 2.05) is 24.3 Å². The van der Waals surface area contributed by atoms with Gasteiger partial charge in [-0.05, 0) is 41.2 Å². The molecule has 1 heterocycles. The lowest BCUT2D eigenvalue weighted by Gasteiger charge is -2.42. The number of alkyl halides is 3. The van der Waals surface area contributed by atoms with Crippen molar-refractivity contribution in [3.8, 4) is 11.1 Å². The highest BCUT2D eigenvalue weighted by Crippen LogP contribution is 2.39. The van der Waals surface area contributed by atoms with Gasteiger partial charge in [0.1, 0.15) is 0 Å². The molecule has 0 N–H and O–H groups in total. The quantitative estimate of drug-likeness (QED) is 0.309. The van der Waals surface area contributed by atoms with Crippen LogP contribution >= 0.6 is 11.9 Å². The summed E-state index contributed by atoms with van der Waals surface area (Å²) in [5, 5.41) is 0.726. The van der Waals surface area contributed by atoms with E-state index >= 15 is 0 Å². The van der Waals surface area contributed by atoms with Crippen molar-refractivity contribution in [1.29, 1.82) is 0 Å². The second-order valence-corrected chi connectivity index (χ2v) is 11.3. The number of piperazine rings is 1. The van der Waals surface area contributed by atoms with Crippen molar-refractivity contribution in [2.24, 2.45) is 0 Å². The second kappa shape index (κ2) is 11.4. The Morgan fingerprint density at radius 2 is 1.47 bits per heavy atom. The van der Waals surface area contributed by atoms with Crippen LogP contribution in [0.3, 0.4) is 0 Å². The number of hydrogen-bond acceptors (Lipinski definition) is 3.